The van der Waals surface area contributed by atoms with Crippen LogP contribution in [-0.4, -0.2) is 18.7 Å². The number of anilines is 1. The van der Waals surface area contributed by atoms with Crippen LogP contribution in [0.25, 0.3) is 0 Å². The highest BCUT2D eigenvalue weighted by atomic mass is 79.9. The van der Waals surface area contributed by atoms with Gasteiger partial charge < -0.3 is 10.0 Å². The third-order valence-corrected chi connectivity index (χ3v) is 3.90. The van der Waals surface area contributed by atoms with E-state index in [4.69, 9.17) is 0 Å². The average molecular weight is 284 g/mol. The van der Waals surface area contributed by atoms with Crippen molar-refractivity contribution in [3.05, 3.63) is 28.2 Å². The Morgan fingerprint density at radius 3 is 2.75 bits per heavy atom. The highest BCUT2D eigenvalue weighted by Gasteiger charge is 2.33. The van der Waals surface area contributed by atoms with Gasteiger partial charge in [-0.05, 0) is 36.5 Å². The van der Waals surface area contributed by atoms with Crippen LogP contribution in [0.3, 0.4) is 0 Å². The maximum absolute atomic E-state index is 9.35. The second-order valence-corrected chi connectivity index (χ2v) is 5.70. The van der Waals surface area contributed by atoms with Gasteiger partial charge >= 0.3 is 0 Å². The zero-order chi connectivity index (χ0) is 11.7. The standard InChI is InChI=1S/C13H18BrNO/c1-9-5-10(9)7-15(2)13-4-3-12(14)6-11(13)8-16/h3-4,6,9-10,16H,5,7-8H2,1-2H3. The summed E-state index contributed by atoms with van der Waals surface area (Å²) in [6.45, 7) is 3.49. The molecular formula is C13H18BrNO. The van der Waals surface area contributed by atoms with Gasteiger partial charge in [-0.15, -0.1) is 0 Å². The van der Waals surface area contributed by atoms with Crippen molar-refractivity contribution in [1.29, 1.82) is 0 Å². The lowest BCUT2D eigenvalue weighted by molar-refractivity contribution is 0.282. The zero-order valence-corrected chi connectivity index (χ0v) is 11.4. The van der Waals surface area contributed by atoms with Crippen LogP contribution in [-0.2, 0) is 6.61 Å². The molecule has 0 radical (unpaired) electrons. The molecular weight excluding hydrogens is 266 g/mol. The normalized spacial score (nSPS) is 23.2. The molecule has 2 unspecified atom stereocenters. The molecule has 0 heterocycles. The summed E-state index contributed by atoms with van der Waals surface area (Å²) < 4.78 is 1.02. The maximum Gasteiger partial charge on any atom is 0.0702 e. The summed E-state index contributed by atoms with van der Waals surface area (Å²) in [6, 6.07) is 6.09. The number of benzene rings is 1. The summed E-state index contributed by atoms with van der Waals surface area (Å²) in [7, 11) is 2.10. The van der Waals surface area contributed by atoms with Gasteiger partial charge in [0.25, 0.3) is 0 Å². The molecule has 0 aromatic heterocycles. The highest BCUT2D eigenvalue weighted by molar-refractivity contribution is 9.10. The van der Waals surface area contributed by atoms with Crippen LogP contribution < -0.4 is 4.90 Å². The largest absolute Gasteiger partial charge is 0.392 e. The van der Waals surface area contributed by atoms with Gasteiger partial charge in [-0.1, -0.05) is 22.9 Å². The van der Waals surface area contributed by atoms with Crippen LogP contribution in [0.15, 0.2) is 22.7 Å². The van der Waals surface area contributed by atoms with Crippen LogP contribution in [0.1, 0.15) is 18.9 Å². The van der Waals surface area contributed by atoms with E-state index >= 15 is 0 Å². The van der Waals surface area contributed by atoms with Crippen molar-refractivity contribution in [2.45, 2.75) is 20.0 Å². The number of rotatable bonds is 4. The molecule has 0 spiro atoms. The molecule has 16 heavy (non-hydrogen) atoms. The summed E-state index contributed by atoms with van der Waals surface area (Å²) in [6.07, 6.45) is 1.34. The highest BCUT2D eigenvalue weighted by Crippen LogP contribution is 2.39. The van der Waals surface area contributed by atoms with E-state index in [0.717, 1.165) is 34.1 Å². The monoisotopic (exact) mass is 283 g/mol. The van der Waals surface area contributed by atoms with E-state index in [1.54, 1.807) is 0 Å². The van der Waals surface area contributed by atoms with Gasteiger partial charge in [0, 0.05) is 29.3 Å². The van der Waals surface area contributed by atoms with E-state index < -0.39 is 0 Å². The Labute approximate surface area is 105 Å². The molecule has 2 rings (SSSR count). The van der Waals surface area contributed by atoms with Gasteiger partial charge in [-0.2, -0.15) is 0 Å². The molecule has 2 atom stereocenters. The Kier molecular flexibility index (Phi) is 3.55. The molecule has 1 aliphatic carbocycles. The lowest BCUT2D eigenvalue weighted by Crippen LogP contribution is -2.21. The van der Waals surface area contributed by atoms with Gasteiger partial charge in [0.1, 0.15) is 0 Å². The Morgan fingerprint density at radius 2 is 2.19 bits per heavy atom. The number of aliphatic hydroxyl groups is 1. The first kappa shape index (κ1) is 11.9. The predicted molar refractivity (Wildman–Crippen MR) is 70.6 cm³/mol. The summed E-state index contributed by atoms with van der Waals surface area (Å²) in [5.41, 5.74) is 2.13. The van der Waals surface area contributed by atoms with Crippen LogP contribution in [0.5, 0.6) is 0 Å². The first-order chi connectivity index (χ1) is 7.61. The molecule has 2 nitrogen and oxygen atoms in total. The first-order valence-electron chi connectivity index (χ1n) is 5.72. The van der Waals surface area contributed by atoms with Gasteiger partial charge in [-0.25, -0.2) is 0 Å². The lowest BCUT2D eigenvalue weighted by Gasteiger charge is -2.22. The maximum atomic E-state index is 9.35. The van der Waals surface area contributed by atoms with Gasteiger partial charge in [-0.3, -0.25) is 0 Å². The molecule has 1 aliphatic rings. The number of hydrogen-bond acceptors (Lipinski definition) is 2. The Hall–Kier alpha value is -0.540. The number of hydrogen-bond donors (Lipinski definition) is 1. The molecule has 88 valence electrons. The molecule has 1 aromatic rings. The van der Waals surface area contributed by atoms with E-state index in [1.165, 1.54) is 6.42 Å². The second kappa shape index (κ2) is 4.76. The molecule has 3 heteroatoms. The summed E-state index contributed by atoms with van der Waals surface area (Å²) in [5, 5.41) is 9.35. The van der Waals surface area contributed by atoms with Gasteiger partial charge in [0.2, 0.25) is 0 Å². The second-order valence-electron chi connectivity index (χ2n) is 4.78. The van der Waals surface area contributed by atoms with E-state index in [2.05, 4.69) is 40.9 Å². The Bertz CT molecular complexity index is 380. The molecule has 0 saturated heterocycles. The van der Waals surface area contributed by atoms with E-state index in [-0.39, 0.29) is 6.61 Å². The molecule has 0 aliphatic heterocycles. The molecule has 1 saturated carbocycles. The van der Waals surface area contributed by atoms with Crippen LogP contribution in [0, 0.1) is 11.8 Å². The molecule has 1 aromatic carbocycles. The predicted octanol–water partition coefficient (Wildman–Crippen LogP) is 3.03. The van der Waals surface area contributed by atoms with E-state index in [9.17, 15) is 5.11 Å². The third kappa shape index (κ3) is 2.58. The molecule has 1 fully saturated rings. The third-order valence-electron chi connectivity index (χ3n) is 3.41. The number of halogens is 1. The van der Waals surface area contributed by atoms with Crippen molar-refractivity contribution in [3.8, 4) is 0 Å². The van der Waals surface area contributed by atoms with E-state index in [1.807, 2.05) is 12.1 Å². The van der Waals surface area contributed by atoms with Crippen LogP contribution in [0.4, 0.5) is 5.69 Å². The fraction of sp³-hybridized carbons (Fsp3) is 0.538. The van der Waals surface area contributed by atoms with Crippen molar-refractivity contribution < 1.29 is 5.11 Å². The summed E-state index contributed by atoms with van der Waals surface area (Å²) in [4.78, 5) is 2.26. The van der Waals surface area contributed by atoms with Crippen molar-refractivity contribution in [3.63, 3.8) is 0 Å². The minimum absolute atomic E-state index is 0.0966. The Balaban J connectivity index is 2.12. The number of aliphatic hydroxyl groups excluding tert-OH is 1. The fourth-order valence-corrected chi connectivity index (χ4v) is 2.57. The fourth-order valence-electron chi connectivity index (χ4n) is 2.16. The topological polar surface area (TPSA) is 23.5 Å². The summed E-state index contributed by atoms with van der Waals surface area (Å²) in [5.74, 6) is 1.70. The van der Waals surface area contributed by atoms with Gasteiger partial charge in [0.05, 0.1) is 6.61 Å². The Morgan fingerprint density at radius 1 is 1.50 bits per heavy atom. The molecule has 0 bridgehead atoms. The van der Waals surface area contributed by atoms with Crippen molar-refractivity contribution >= 4 is 21.6 Å². The first-order valence-corrected chi connectivity index (χ1v) is 6.51. The smallest absolute Gasteiger partial charge is 0.0702 e. The minimum Gasteiger partial charge on any atom is -0.392 e. The van der Waals surface area contributed by atoms with Crippen LogP contribution in [0.2, 0.25) is 0 Å². The molecule has 0 amide bonds. The number of nitrogens with zero attached hydrogens (tertiary/aromatic N) is 1. The van der Waals surface area contributed by atoms with Crippen molar-refractivity contribution in [1.82, 2.24) is 0 Å². The van der Waals surface area contributed by atoms with Crippen molar-refractivity contribution in [2.75, 3.05) is 18.5 Å². The summed E-state index contributed by atoms with van der Waals surface area (Å²) >= 11 is 3.43. The van der Waals surface area contributed by atoms with Crippen molar-refractivity contribution in [2.24, 2.45) is 11.8 Å². The van der Waals surface area contributed by atoms with Gasteiger partial charge in [0.15, 0.2) is 0 Å². The quantitative estimate of drug-likeness (QED) is 0.918. The van der Waals surface area contributed by atoms with E-state index in [0.29, 0.717) is 0 Å². The minimum atomic E-state index is 0.0966. The zero-order valence-electron chi connectivity index (χ0n) is 9.78. The SMILES string of the molecule is CC1CC1CN(C)c1ccc(Br)cc1CO. The van der Waals surface area contributed by atoms with Crippen LogP contribution >= 0.6 is 15.9 Å². The molecule has 1 N–H and O–H groups in total. The average Bonchev–Trinajstić information content (AvgIpc) is 2.93. The lowest BCUT2D eigenvalue weighted by atomic mass is 10.1.